The molecule has 0 fully saturated rings. The molecule has 6 heteroatoms. The van der Waals surface area contributed by atoms with Gasteiger partial charge in [0, 0.05) is 25.6 Å². The predicted molar refractivity (Wildman–Crippen MR) is 102 cm³/mol. The maximum Gasteiger partial charge on any atom is 0.305 e. The molecule has 27 heavy (non-hydrogen) atoms. The first-order valence-electron chi connectivity index (χ1n) is 8.75. The van der Waals surface area contributed by atoms with Crippen molar-refractivity contribution < 1.29 is 19.1 Å². The number of carbonyl (C=O) groups excluding carboxylic acids is 3. The molecule has 2 rings (SSSR count). The fourth-order valence-electron chi connectivity index (χ4n) is 2.63. The fourth-order valence-corrected chi connectivity index (χ4v) is 2.63. The number of esters is 1. The van der Waals surface area contributed by atoms with Crippen molar-refractivity contribution in [3.05, 3.63) is 71.8 Å². The molecule has 0 radical (unpaired) electrons. The van der Waals surface area contributed by atoms with Crippen LogP contribution in [0.5, 0.6) is 0 Å². The molecule has 6 nitrogen and oxygen atoms in total. The third kappa shape index (κ3) is 5.95. The zero-order valence-electron chi connectivity index (χ0n) is 15.6. The SMILES string of the molecule is COC(=O)CCCN(C)C(=O)C(NC(=O)c1ccccc1)c1ccccc1. The summed E-state index contributed by atoms with van der Waals surface area (Å²) in [6, 6.07) is 17.1. The molecule has 0 aromatic heterocycles. The van der Waals surface area contributed by atoms with Gasteiger partial charge in [-0.2, -0.15) is 0 Å². The van der Waals surface area contributed by atoms with Gasteiger partial charge in [-0.3, -0.25) is 14.4 Å². The third-order valence-corrected chi connectivity index (χ3v) is 4.17. The Bertz CT molecular complexity index is 762. The van der Waals surface area contributed by atoms with Crippen molar-refractivity contribution >= 4 is 17.8 Å². The predicted octanol–water partition coefficient (Wildman–Crippen LogP) is 2.57. The molecule has 0 aliphatic carbocycles. The number of likely N-dealkylation sites (N-methyl/N-ethyl adjacent to an activating group) is 1. The first-order chi connectivity index (χ1) is 13.0. The summed E-state index contributed by atoms with van der Waals surface area (Å²) in [5.74, 6) is -0.871. The lowest BCUT2D eigenvalue weighted by Crippen LogP contribution is -2.41. The molecule has 1 atom stereocenters. The Labute approximate surface area is 159 Å². The third-order valence-electron chi connectivity index (χ3n) is 4.17. The molecule has 2 aromatic rings. The first-order valence-corrected chi connectivity index (χ1v) is 8.75. The second-order valence-corrected chi connectivity index (χ2v) is 6.12. The Hall–Kier alpha value is -3.15. The van der Waals surface area contributed by atoms with E-state index in [1.54, 1.807) is 43.4 Å². The van der Waals surface area contributed by atoms with E-state index < -0.39 is 6.04 Å². The van der Waals surface area contributed by atoms with E-state index in [9.17, 15) is 14.4 Å². The van der Waals surface area contributed by atoms with Crippen LogP contribution in [0, 0.1) is 0 Å². The van der Waals surface area contributed by atoms with Gasteiger partial charge in [0.05, 0.1) is 7.11 Å². The number of methoxy groups -OCH3 is 1. The molecule has 0 spiro atoms. The van der Waals surface area contributed by atoms with E-state index in [0.717, 1.165) is 0 Å². The molecule has 1 N–H and O–H groups in total. The van der Waals surface area contributed by atoms with Gasteiger partial charge in [-0.1, -0.05) is 48.5 Å². The van der Waals surface area contributed by atoms with E-state index in [2.05, 4.69) is 10.1 Å². The molecule has 0 aliphatic heterocycles. The molecular formula is C21H24N2O4. The summed E-state index contributed by atoms with van der Waals surface area (Å²) in [4.78, 5) is 38.3. The zero-order valence-corrected chi connectivity index (χ0v) is 15.6. The van der Waals surface area contributed by atoms with Crippen LogP contribution in [0.15, 0.2) is 60.7 Å². The zero-order chi connectivity index (χ0) is 19.6. The molecular weight excluding hydrogens is 344 g/mol. The van der Waals surface area contributed by atoms with E-state index >= 15 is 0 Å². The topological polar surface area (TPSA) is 75.7 Å². The van der Waals surface area contributed by atoms with Crippen molar-refractivity contribution in [2.45, 2.75) is 18.9 Å². The van der Waals surface area contributed by atoms with Crippen LogP contribution in [0.4, 0.5) is 0 Å². The molecule has 0 saturated heterocycles. The number of benzene rings is 2. The molecule has 0 bridgehead atoms. The standard InChI is InChI=1S/C21H24N2O4/c1-23(15-9-14-18(24)27-2)21(26)19(16-10-5-3-6-11-16)22-20(25)17-12-7-4-8-13-17/h3-8,10-13,19H,9,14-15H2,1-2H3,(H,22,25). The molecule has 142 valence electrons. The summed E-state index contributed by atoms with van der Waals surface area (Å²) < 4.78 is 4.61. The normalized spacial score (nSPS) is 11.3. The summed E-state index contributed by atoms with van der Waals surface area (Å²) >= 11 is 0. The highest BCUT2D eigenvalue weighted by molar-refractivity contribution is 5.97. The lowest BCUT2D eigenvalue weighted by Gasteiger charge is -2.25. The number of rotatable bonds is 8. The van der Waals surface area contributed by atoms with Crippen LogP contribution in [0.3, 0.4) is 0 Å². The van der Waals surface area contributed by atoms with Gasteiger partial charge in [0.1, 0.15) is 6.04 Å². The number of carbonyl (C=O) groups is 3. The molecule has 2 aromatic carbocycles. The van der Waals surface area contributed by atoms with E-state index in [1.807, 2.05) is 24.3 Å². The van der Waals surface area contributed by atoms with Crippen LogP contribution < -0.4 is 5.32 Å². The lowest BCUT2D eigenvalue weighted by atomic mass is 10.0. The minimum absolute atomic E-state index is 0.237. The highest BCUT2D eigenvalue weighted by Crippen LogP contribution is 2.17. The maximum absolute atomic E-state index is 13.0. The van der Waals surface area contributed by atoms with Crippen LogP contribution >= 0.6 is 0 Å². The van der Waals surface area contributed by atoms with Crippen molar-refractivity contribution in [2.24, 2.45) is 0 Å². The largest absolute Gasteiger partial charge is 0.469 e. The van der Waals surface area contributed by atoms with Crippen LogP contribution in [-0.2, 0) is 14.3 Å². The summed E-state index contributed by atoms with van der Waals surface area (Å²) in [7, 11) is 2.99. The summed E-state index contributed by atoms with van der Waals surface area (Å²) in [5.41, 5.74) is 1.19. The summed E-state index contributed by atoms with van der Waals surface area (Å²) in [6.45, 7) is 0.387. The van der Waals surface area contributed by atoms with E-state index in [1.165, 1.54) is 12.0 Å². The van der Waals surface area contributed by atoms with Crippen molar-refractivity contribution in [3.63, 3.8) is 0 Å². The van der Waals surface area contributed by atoms with Gasteiger partial charge in [0.25, 0.3) is 5.91 Å². The van der Waals surface area contributed by atoms with Crippen molar-refractivity contribution in [2.75, 3.05) is 20.7 Å². The van der Waals surface area contributed by atoms with Crippen molar-refractivity contribution in [1.29, 1.82) is 0 Å². The highest BCUT2D eigenvalue weighted by Gasteiger charge is 2.26. The van der Waals surface area contributed by atoms with Crippen LogP contribution in [-0.4, -0.2) is 43.4 Å². The Kier molecular flexibility index (Phi) is 7.55. The number of nitrogens with zero attached hydrogens (tertiary/aromatic N) is 1. The van der Waals surface area contributed by atoms with E-state index in [0.29, 0.717) is 24.1 Å². The van der Waals surface area contributed by atoms with Gasteiger partial charge in [0.2, 0.25) is 5.91 Å². The Morgan fingerprint density at radius 1 is 1.00 bits per heavy atom. The number of amides is 2. The molecule has 1 unspecified atom stereocenters. The number of ether oxygens (including phenoxy) is 1. The van der Waals surface area contributed by atoms with Crippen molar-refractivity contribution in [3.8, 4) is 0 Å². The minimum atomic E-state index is -0.804. The van der Waals surface area contributed by atoms with Gasteiger partial charge >= 0.3 is 5.97 Å². The minimum Gasteiger partial charge on any atom is -0.469 e. The Morgan fingerprint density at radius 3 is 2.19 bits per heavy atom. The van der Waals surface area contributed by atoms with Gasteiger partial charge in [0.15, 0.2) is 0 Å². The summed E-state index contributed by atoms with van der Waals surface area (Å²) in [6.07, 6.45) is 0.726. The maximum atomic E-state index is 13.0. The number of nitrogens with one attached hydrogen (secondary N) is 1. The van der Waals surface area contributed by atoms with Gasteiger partial charge in [-0.15, -0.1) is 0 Å². The number of hydrogen-bond donors (Lipinski definition) is 1. The lowest BCUT2D eigenvalue weighted by molar-refractivity contribution is -0.141. The number of hydrogen-bond acceptors (Lipinski definition) is 4. The Morgan fingerprint density at radius 2 is 1.59 bits per heavy atom. The quantitative estimate of drug-likeness (QED) is 0.727. The smallest absolute Gasteiger partial charge is 0.305 e. The second-order valence-electron chi connectivity index (χ2n) is 6.12. The molecule has 0 aliphatic rings. The van der Waals surface area contributed by atoms with Gasteiger partial charge in [-0.05, 0) is 24.1 Å². The average molecular weight is 368 g/mol. The molecule has 0 saturated carbocycles. The van der Waals surface area contributed by atoms with Crippen molar-refractivity contribution in [1.82, 2.24) is 10.2 Å². The first kappa shape index (κ1) is 20.2. The monoisotopic (exact) mass is 368 g/mol. The van der Waals surface area contributed by atoms with E-state index in [4.69, 9.17) is 0 Å². The summed E-state index contributed by atoms with van der Waals surface area (Å²) in [5, 5.41) is 2.82. The van der Waals surface area contributed by atoms with Gasteiger partial charge in [-0.25, -0.2) is 0 Å². The molecule has 0 heterocycles. The average Bonchev–Trinajstić information content (AvgIpc) is 2.72. The highest BCUT2D eigenvalue weighted by atomic mass is 16.5. The molecule has 2 amide bonds. The van der Waals surface area contributed by atoms with Crippen LogP contribution in [0.1, 0.15) is 34.8 Å². The Balaban J connectivity index is 2.11. The fraction of sp³-hybridized carbons (Fsp3) is 0.286. The van der Waals surface area contributed by atoms with Gasteiger partial charge < -0.3 is 15.0 Å². The van der Waals surface area contributed by atoms with Crippen LogP contribution in [0.2, 0.25) is 0 Å². The van der Waals surface area contributed by atoms with Crippen LogP contribution in [0.25, 0.3) is 0 Å². The van der Waals surface area contributed by atoms with E-state index in [-0.39, 0.29) is 24.2 Å². The second kappa shape index (κ2) is 10.1.